The van der Waals surface area contributed by atoms with Crippen molar-refractivity contribution in [1.29, 1.82) is 0 Å². The largest absolute Gasteiger partial charge is 0.452 e. The highest BCUT2D eigenvalue weighted by molar-refractivity contribution is 7.89. The third-order valence-electron chi connectivity index (χ3n) is 4.83. The molecule has 1 aliphatic heterocycles. The van der Waals surface area contributed by atoms with Gasteiger partial charge in [-0.3, -0.25) is 14.9 Å². The molecule has 0 bridgehead atoms. The Kier molecular flexibility index (Phi) is 8.24. The minimum absolute atomic E-state index is 0.0108. The van der Waals surface area contributed by atoms with Crippen molar-refractivity contribution in [2.75, 3.05) is 19.6 Å². The van der Waals surface area contributed by atoms with Gasteiger partial charge in [-0.1, -0.05) is 12.1 Å². The number of hydrogen-bond donors (Lipinski definition) is 2. The van der Waals surface area contributed by atoms with E-state index in [9.17, 15) is 36.0 Å². The Labute approximate surface area is 183 Å². The molecular formula is C19H24F3N3O6S. The van der Waals surface area contributed by atoms with Gasteiger partial charge in [0.1, 0.15) is 0 Å². The fourth-order valence-corrected chi connectivity index (χ4v) is 4.82. The lowest BCUT2D eigenvalue weighted by Crippen LogP contribution is -2.46. The van der Waals surface area contributed by atoms with E-state index in [-0.39, 0.29) is 25.9 Å². The van der Waals surface area contributed by atoms with Gasteiger partial charge in [-0.15, -0.1) is 0 Å². The Morgan fingerprint density at radius 3 is 2.34 bits per heavy atom. The van der Waals surface area contributed by atoms with Crippen LogP contribution in [-0.2, 0) is 30.5 Å². The number of esters is 1. The number of sulfonamides is 1. The molecule has 2 rings (SSSR count). The molecule has 32 heavy (non-hydrogen) atoms. The molecule has 3 amide bonds. The topological polar surface area (TPSA) is 122 Å². The summed E-state index contributed by atoms with van der Waals surface area (Å²) in [5, 5.41) is 4.36. The average Bonchev–Trinajstić information content (AvgIpc) is 2.73. The second kappa shape index (κ2) is 10.3. The number of nitrogens with one attached hydrogen (secondary N) is 2. The number of benzene rings is 1. The van der Waals surface area contributed by atoms with E-state index in [2.05, 4.69) is 5.32 Å². The van der Waals surface area contributed by atoms with E-state index in [1.54, 1.807) is 6.92 Å². The third kappa shape index (κ3) is 6.19. The zero-order chi connectivity index (χ0) is 24.1. The summed E-state index contributed by atoms with van der Waals surface area (Å²) in [7, 11) is -4.43. The summed E-state index contributed by atoms with van der Waals surface area (Å²) in [5.41, 5.74) is -1.26. The standard InChI is InChI=1S/C19H24F3N3O6S/c1-3-23-18(28)24-16(26)12(2)31-17(27)13-8-10-25(11-9-13)32(29,30)15-7-5-4-6-14(15)19(20,21)22/h4-7,12-13H,3,8-11H2,1-2H3,(H2,23,24,26,28)/t12-/m1/s1. The van der Waals surface area contributed by atoms with Crippen LogP contribution >= 0.6 is 0 Å². The Morgan fingerprint density at radius 1 is 1.19 bits per heavy atom. The van der Waals surface area contributed by atoms with Gasteiger partial charge in [-0.05, 0) is 38.8 Å². The molecule has 0 radical (unpaired) electrons. The number of carbonyl (C=O) groups is 3. The van der Waals surface area contributed by atoms with E-state index in [1.807, 2.05) is 5.32 Å². The number of piperidine rings is 1. The SMILES string of the molecule is CCNC(=O)NC(=O)[C@@H](C)OC(=O)C1CCN(S(=O)(=O)c2ccccc2C(F)(F)F)CC1. The molecule has 0 aliphatic carbocycles. The molecule has 1 atom stereocenters. The van der Waals surface area contributed by atoms with Crippen molar-refractivity contribution in [3.63, 3.8) is 0 Å². The number of carbonyl (C=O) groups excluding carboxylic acids is 3. The highest BCUT2D eigenvalue weighted by Gasteiger charge is 2.40. The van der Waals surface area contributed by atoms with E-state index >= 15 is 0 Å². The van der Waals surface area contributed by atoms with Gasteiger partial charge in [0, 0.05) is 19.6 Å². The van der Waals surface area contributed by atoms with E-state index in [0.29, 0.717) is 12.6 Å². The molecule has 1 aliphatic rings. The monoisotopic (exact) mass is 479 g/mol. The maximum atomic E-state index is 13.2. The third-order valence-corrected chi connectivity index (χ3v) is 6.79. The van der Waals surface area contributed by atoms with Crippen molar-refractivity contribution >= 4 is 27.9 Å². The van der Waals surface area contributed by atoms with Gasteiger partial charge in [0.2, 0.25) is 10.0 Å². The van der Waals surface area contributed by atoms with Crippen LogP contribution in [0.3, 0.4) is 0 Å². The first-order valence-corrected chi connectivity index (χ1v) is 11.3. The zero-order valence-corrected chi connectivity index (χ0v) is 18.3. The molecule has 1 aromatic carbocycles. The van der Waals surface area contributed by atoms with E-state index in [4.69, 9.17) is 4.74 Å². The lowest BCUT2D eigenvalue weighted by atomic mass is 9.98. The average molecular weight is 479 g/mol. The van der Waals surface area contributed by atoms with Crippen molar-refractivity contribution in [3.05, 3.63) is 29.8 Å². The summed E-state index contributed by atoms with van der Waals surface area (Å²) < 4.78 is 71.2. The van der Waals surface area contributed by atoms with Crippen LogP contribution in [0.5, 0.6) is 0 Å². The summed E-state index contributed by atoms with van der Waals surface area (Å²) in [4.78, 5) is 34.7. The smallest absolute Gasteiger partial charge is 0.417 e. The van der Waals surface area contributed by atoms with Crippen LogP contribution in [-0.4, -0.2) is 56.4 Å². The van der Waals surface area contributed by atoms with E-state index < -0.39 is 56.6 Å². The maximum Gasteiger partial charge on any atom is 0.417 e. The van der Waals surface area contributed by atoms with Crippen LogP contribution in [0.4, 0.5) is 18.0 Å². The van der Waals surface area contributed by atoms with Crippen molar-refractivity contribution in [2.45, 2.75) is 43.9 Å². The molecule has 13 heteroatoms. The summed E-state index contributed by atoms with van der Waals surface area (Å²) >= 11 is 0. The molecule has 0 aromatic heterocycles. The van der Waals surface area contributed by atoms with Crippen LogP contribution in [0.2, 0.25) is 0 Å². The molecule has 2 N–H and O–H groups in total. The Hall–Kier alpha value is -2.67. The highest BCUT2D eigenvalue weighted by atomic mass is 32.2. The Balaban J connectivity index is 1.99. The molecule has 9 nitrogen and oxygen atoms in total. The van der Waals surface area contributed by atoms with Crippen molar-refractivity contribution in [3.8, 4) is 0 Å². The summed E-state index contributed by atoms with van der Waals surface area (Å²) in [5.74, 6) is -2.32. The van der Waals surface area contributed by atoms with Gasteiger partial charge < -0.3 is 10.1 Å². The van der Waals surface area contributed by atoms with Gasteiger partial charge in [-0.25, -0.2) is 13.2 Å². The van der Waals surface area contributed by atoms with Crippen LogP contribution in [0.25, 0.3) is 0 Å². The first-order valence-electron chi connectivity index (χ1n) is 9.83. The van der Waals surface area contributed by atoms with E-state index in [1.165, 1.54) is 13.0 Å². The van der Waals surface area contributed by atoms with Gasteiger partial charge >= 0.3 is 18.2 Å². The van der Waals surface area contributed by atoms with E-state index in [0.717, 1.165) is 16.4 Å². The number of halogens is 3. The molecule has 178 valence electrons. The maximum absolute atomic E-state index is 13.2. The summed E-state index contributed by atoms with van der Waals surface area (Å²) in [6.45, 7) is 2.85. The lowest BCUT2D eigenvalue weighted by Gasteiger charge is -2.31. The van der Waals surface area contributed by atoms with Gasteiger partial charge in [-0.2, -0.15) is 17.5 Å². The van der Waals surface area contributed by atoms with Crippen LogP contribution in [0.15, 0.2) is 29.2 Å². The molecule has 1 saturated heterocycles. The number of amides is 3. The Bertz CT molecular complexity index is 959. The molecule has 0 saturated carbocycles. The number of imide groups is 1. The first kappa shape index (κ1) is 25.6. The molecule has 1 aromatic rings. The predicted octanol–water partition coefficient (Wildman–Crippen LogP) is 1.88. The summed E-state index contributed by atoms with van der Waals surface area (Å²) in [6, 6.07) is 3.17. The Morgan fingerprint density at radius 2 is 1.78 bits per heavy atom. The van der Waals surface area contributed by atoms with Gasteiger partial charge in [0.25, 0.3) is 5.91 Å². The zero-order valence-electron chi connectivity index (χ0n) is 17.4. The number of hydrogen-bond acceptors (Lipinski definition) is 6. The van der Waals surface area contributed by atoms with Crippen LogP contribution in [0, 0.1) is 5.92 Å². The van der Waals surface area contributed by atoms with Gasteiger partial charge in [0.15, 0.2) is 6.10 Å². The second-order valence-electron chi connectivity index (χ2n) is 7.10. The quantitative estimate of drug-likeness (QED) is 0.601. The van der Waals surface area contributed by atoms with Gasteiger partial charge in [0.05, 0.1) is 16.4 Å². The fourth-order valence-electron chi connectivity index (χ4n) is 3.14. The normalized spacial score (nSPS) is 16.8. The minimum Gasteiger partial charge on any atom is -0.452 e. The second-order valence-corrected chi connectivity index (χ2v) is 9.01. The number of rotatable bonds is 6. The minimum atomic E-state index is -4.84. The highest BCUT2D eigenvalue weighted by Crippen LogP contribution is 2.36. The molecule has 1 heterocycles. The number of alkyl halides is 3. The lowest BCUT2D eigenvalue weighted by molar-refractivity contribution is -0.159. The number of nitrogens with zero attached hydrogens (tertiary/aromatic N) is 1. The first-order chi connectivity index (χ1) is 14.9. The predicted molar refractivity (Wildman–Crippen MR) is 106 cm³/mol. The fraction of sp³-hybridized carbons (Fsp3) is 0.526. The number of urea groups is 1. The molecular weight excluding hydrogens is 455 g/mol. The molecule has 1 fully saturated rings. The van der Waals surface area contributed by atoms with Crippen molar-refractivity contribution < 1.29 is 40.7 Å². The van der Waals surface area contributed by atoms with Crippen molar-refractivity contribution in [2.24, 2.45) is 5.92 Å². The number of ether oxygens (including phenoxy) is 1. The molecule has 0 unspecified atom stereocenters. The summed E-state index contributed by atoms with van der Waals surface area (Å²) in [6.07, 6.45) is -6.07. The van der Waals surface area contributed by atoms with Crippen LogP contribution in [0.1, 0.15) is 32.3 Å². The van der Waals surface area contributed by atoms with Crippen LogP contribution < -0.4 is 10.6 Å². The van der Waals surface area contributed by atoms with Crippen molar-refractivity contribution in [1.82, 2.24) is 14.9 Å². The molecule has 0 spiro atoms.